The Balaban J connectivity index is 2.10. The third-order valence-corrected chi connectivity index (χ3v) is 3.65. The van der Waals surface area contributed by atoms with Gasteiger partial charge in [-0.2, -0.15) is 0 Å². The monoisotopic (exact) mass is 264 g/mol. The van der Waals surface area contributed by atoms with Gasteiger partial charge in [0.1, 0.15) is 5.75 Å². The van der Waals surface area contributed by atoms with Gasteiger partial charge in [-0.05, 0) is 25.0 Å². The molecule has 1 saturated heterocycles. The van der Waals surface area contributed by atoms with E-state index in [1.807, 2.05) is 18.2 Å². The van der Waals surface area contributed by atoms with Crippen molar-refractivity contribution in [3.8, 4) is 5.75 Å². The van der Waals surface area contributed by atoms with Gasteiger partial charge in [-0.15, -0.1) is 0 Å². The largest absolute Gasteiger partial charge is 0.497 e. The smallest absolute Gasteiger partial charge is 0.232 e. The van der Waals surface area contributed by atoms with Gasteiger partial charge in [-0.25, -0.2) is 0 Å². The third-order valence-electron chi connectivity index (χ3n) is 3.65. The zero-order valence-corrected chi connectivity index (χ0v) is 11.1. The molecule has 2 rings (SSSR count). The first-order valence-electron chi connectivity index (χ1n) is 6.43. The third kappa shape index (κ3) is 3.05. The number of anilines is 1. The van der Waals surface area contributed by atoms with Crippen LogP contribution in [-0.2, 0) is 9.53 Å². The molecule has 0 bridgehead atoms. The number of hydrogen-bond acceptors (Lipinski definition) is 4. The van der Waals surface area contributed by atoms with Crippen LogP contribution in [0.2, 0.25) is 0 Å². The standard InChI is InChI=1S/C14H20N2O3/c1-18-12-4-2-3-11(9-12)16-13(17)14(10-15)5-7-19-8-6-14/h2-4,9H,5-8,10,15H2,1H3,(H,16,17). The van der Waals surface area contributed by atoms with Crippen molar-refractivity contribution in [3.05, 3.63) is 24.3 Å². The normalized spacial score (nSPS) is 17.8. The number of nitrogens with two attached hydrogens (primary N) is 1. The van der Waals surface area contributed by atoms with E-state index in [-0.39, 0.29) is 5.91 Å². The van der Waals surface area contributed by atoms with Crippen LogP contribution in [0.25, 0.3) is 0 Å². The summed E-state index contributed by atoms with van der Waals surface area (Å²) in [7, 11) is 1.60. The summed E-state index contributed by atoms with van der Waals surface area (Å²) in [5, 5.41) is 2.92. The molecule has 0 aromatic heterocycles. The summed E-state index contributed by atoms with van der Waals surface area (Å²) >= 11 is 0. The quantitative estimate of drug-likeness (QED) is 0.862. The zero-order chi connectivity index (χ0) is 13.7. The molecule has 5 nitrogen and oxygen atoms in total. The van der Waals surface area contributed by atoms with Crippen molar-refractivity contribution in [2.24, 2.45) is 11.1 Å². The Morgan fingerprint density at radius 2 is 2.21 bits per heavy atom. The first-order chi connectivity index (χ1) is 9.20. The molecule has 0 radical (unpaired) electrons. The molecule has 104 valence electrons. The van der Waals surface area contributed by atoms with E-state index in [1.165, 1.54) is 0 Å². The van der Waals surface area contributed by atoms with Gasteiger partial charge in [-0.1, -0.05) is 6.07 Å². The lowest BCUT2D eigenvalue weighted by molar-refractivity contribution is -0.130. The molecule has 1 aromatic carbocycles. The predicted molar refractivity (Wildman–Crippen MR) is 73.2 cm³/mol. The van der Waals surface area contributed by atoms with Gasteiger partial charge in [0, 0.05) is 31.5 Å². The number of carbonyl (C=O) groups is 1. The Bertz CT molecular complexity index is 442. The SMILES string of the molecule is COc1cccc(NC(=O)C2(CN)CCOCC2)c1. The van der Waals surface area contributed by atoms with Crippen LogP contribution < -0.4 is 15.8 Å². The number of carbonyl (C=O) groups excluding carboxylic acids is 1. The fraction of sp³-hybridized carbons (Fsp3) is 0.500. The molecule has 1 fully saturated rings. The highest BCUT2D eigenvalue weighted by Gasteiger charge is 2.38. The number of amides is 1. The van der Waals surface area contributed by atoms with Gasteiger partial charge in [-0.3, -0.25) is 4.79 Å². The average molecular weight is 264 g/mol. The maximum atomic E-state index is 12.4. The summed E-state index contributed by atoms with van der Waals surface area (Å²) in [5.74, 6) is 0.679. The fourth-order valence-electron chi connectivity index (χ4n) is 2.25. The number of methoxy groups -OCH3 is 1. The fourth-order valence-corrected chi connectivity index (χ4v) is 2.25. The molecule has 0 unspecified atom stereocenters. The molecule has 0 spiro atoms. The van der Waals surface area contributed by atoms with Crippen molar-refractivity contribution >= 4 is 11.6 Å². The summed E-state index contributed by atoms with van der Waals surface area (Å²) in [5.41, 5.74) is 6.02. The minimum Gasteiger partial charge on any atom is -0.497 e. The second-order valence-corrected chi connectivity index (χ2v) is 4.78. The Kier molecular flexibility index (Phi) is 4.39. The van der Waals surface area contributed by atoms with Gasteiger partial charge in [0.15, 0.2) is 0 Å². The van der Waals surface area contributed by atoms with Crippen LogP contribution in [0.1, 0.15) is 12.8 Å². The molecule has 1 aliphatic heterocycles. The number of rotatable bonds is 4. The molecule has 3 N–H and O–H groups in total. The van der Waals surface area contributed by atoms with E-state index < -0.39 is 5.41 Å². The molecule has 1 aromatic rings. The number of hydrogen-bond donors (Lipinski definition) is 2. The van der Waals surface area contributed by atoms with Crippen LogP contribution in [-0.4, -0.2) is 32.8 Å². The first-order valence-corrected chi connectivity index (χ1v) is 6.43. The zero-order valence-electron chi connectivity index (χ0n) is 11.1. The van der Waals surface area contributed by atoms with Crippen LogP contribution in [0.5, 0.6) is 5.75 Å². The summed E-state index contributed by atoms with van der Waals surface area (Å²) in [6.45, 7) is 1.51. The predicted octanol–water partition coefficient (Wildman–Crippen LogP) is 1.39. The molecule has 1 heterocycles. The highest BCUT2D eigenvalue weighted by molar-refractivity contribution is 5.95. The van der Waals surface area contributed by atoms with E-state index >= 15 is 0 Å². The maximum absolute atomic E-state index is 12.4. The molecule has 1 aliphatic rings. The van der Waals surface area contributed by atoms with Crippen molar-refractivity contribution in [3.63, 3.8) is 0 Å². The molecular formula is C14H20N2O3. The van der Waals surface area contributed by atoms with E-state index in [1.54, 1.807) is 13.2 Å². The van der Waals surface area contributed by atoms with Crippen molar-refractivity contribution in [2.75, 3.05) is 32.2 Å². The summed E-state index contributed by atoms with van der Waals surface area (Å²) in [6, 6.07) is 7.31. The molecule has 0 aliphatic carbocycles. The van der Waals surface area contributed by atoms with Crippen LogP contribution in [0, 0.1) is 5.41 Å². The highest BCUT2D eigenvalue weighted by Crippen LogP contribution is 2.31. The minimum absolute atomic E-state index is 0.0356. The lowest BCUT2D eigenvalue weighted by atomic mass is 9.79. The van der Waals surface area contributed by atoms with Crippen molar-refractivity contribution in [1.82, 2.24) is 0 Å². The summed E-state index contributed by atoms with van der Waals surface area (Å²) in [6.07, 6.45) is 1.33. The van der Waals surface area contributed by atoms with Crippen LogP contribution >= 0.6 is 0 Å². The van der Waals surface area contributed by atoms with Crippen molar-refractivity contribution in [2.45, 2.75) is 12.8 Å². The van der Waals surface area contributed by atoms with Crippen molar-refractivity contribution in [1.29, 1.82) is 0 Å². The van der Waals surface area contributed by atoms with E-state index in [4.69, 9.17) is 15.2 Å². The average Bonchev–Trinajstić information content (AvgIpc) is 2.48. The number of benzene rings is 1. The van der Waals surface area contributed by atoms with Gasteiger partial charge in [0.25, 0.3) is 0 Å². The lowest BCUT2D eigenvalue weighted by Crippen LogP contribution is -2.46. The topological polar surface area (TPSA) is 73.6 Å². The molecule has 5 heteroatoms. The summed E-state index contributed by atoms with van der Waals surface area (Å²) in [4.78, 5) is 12.4. The number of ether oxygens (including phenoxy) is 2. The van der Waals surface area contributed by atoms with Gasteiger partial charge in [0.2, 0.25) is 5.91 Å². The Morgan fingerprint density at radius 3 is 2.84 bits per heavy atom. The maximum Gasteiger partial charge on any atom is 0.232 e. The van der Waals surface area contributed by atoms with Gasteiger partial charge >= 0.3 is 0 Å². The first kappa shape index (κ1) is 13.8. The highest BCUT2D eigenvalue weighted by atomic mass is 16.5. The minimum atomic E-state index is -0.513. The Morgan fingerprint density at radius 1 is 1.47 bits per heavy atom. The van der Waals surface area contributed by atoms with Gasteiger partial charge in [0.05, 0.1) is 12.5 Å². The Hall–Kier alpha value is -1.59. The molecule has 19 heavy (non-hydrogen) atoms. The molecule has 1 amide bonds. The number of nitrogens with one attached hydrogen (secondary N) is 1. The van der Waals surface area contributed by atoms with E-state index in [2.05, 4.69) is 5.32 Å². The second-order valence-electron chi connectivity index (χ2n) is 4.78. The van der Waals surface area contributed by atoms with Crippen molar-refractivity contribution < 1.29 is 14.3 Å². The molecule has 0 saturated carbocycles. The van der Waals surface area contributed by atoms with Crippen LogP contribution in [0.15, 0.2) is 24.3 Å². The van der Waals surface area contributed by atoms with Crippen LogP contribution in [0.3, 0.4) is 0 Å². The Labute approximate surface area is 113 Å². The van der Waals surface area contributed by atoms with E-state index in [0.29, 0.717) is 38.3 Å². The van der Waals surface area contributed by atoms with E-state index in [9.17, 15) is 4.79 Å². The lowest BCUT2D eigenvalue weighted by Gasteiger charge is -2.34. The molecule has 0 atom stereocenters. The second kappa shape index (κ2) is 6.04. The molecular weight excluding hydrogens is 244 g/mol. The van der Waals surface area contributed by atoms with Gasteiger partial charge < -0.3 is 20.5 Å². The van der Waals surface area contributed by atoms with E-state index in [0.717, 1.165) is 5.69 Å². The summed E-state index contributed by atoms with van der Waals surface area (Å²) < 4.78 is 10.4. The van der Waals surface area contributed by atoms with Crippen LogP contribution in [0.4, 0.5) is 5.69 Å².